The van der Waals surface area contributed by atoms with Crippen molar-refractivity contribution in [2.24, 2.45) is 0 Å². The Morgan fingerprint density at radius 2 is 2.38 bits per heavy atom. The van der Waals surface area contributed by atoms with Gasteiger partial charge in [0.1, 0.15) is 5.82 Å². The second-order valence-electron chi connectivity index (χ2n) is 2.79. The highest BCUT2D eigenvalue weighted by Crippen LogP contribution is 2.16. The molecule has 1 rings (SSSR count). The minimum atomic E-state index is -0.289. The van der Waals surface area contributed by atoms with E-state index in [1.54, 1.807) is 6.20 Å². The van der Waals surface area contributed by atoms with Gasteiger partial charge < -0.3 is 5.32 Å². The van der Waals surface area contributed by atoms with Gasteiger partial charge in [-0.15, -0.1) is 0 Å². The Balaban J connectivity index is 2.56. The lowest BCUT2D eigenvalue weighted by molar-refractivity contribution is 0.481. The first kappa shape index (κ1) is 10.4. The van der Waals surface area contributed by atoms with E-state index in [1.807, 2.05) is 13.0 Å². The Bertz CT molecular complexity index is 278. The number of hydrogen-bond donors (Lipinski definition) is 1. The first-order chi connectivity index (χ1) is 6.24. The number of hydrogen-bond acceptors (Lipinski definition) is 2. The molecule has 72 valence electrons. The second kappa shape index (κ2) is 5.17. The van der Waals surface area contributed by atoms with Gasteiger partial charge in [-0.25, -0.2) is 4.98 Å². The highest BCUT2D eigenvalue weighted by molar-refractivity contribution is 9.10. The molecule has 13 heavy (non-hydrogen) atoms. The van der Waals surface area contributed by atoms with Crippen LogP contribution >= 0.6 is 15.9 Å². The molecule has 0 fully saturated rings. The van der Waals surface area contributed by atoms with Gasteiger partial charge in [-0.3, -0.25) is 4.39 Å². The summed E-state index contributed by atoms with van der Waals surface area (Å²) in [4.78, 5) is 4.17. The van der Waals surface area contributed by atoms with Crippen molar-refractivity contribution < 1.29 is 4.39 Å². The Hall–Kier alpha value is -0.640. The van der Waals surface area contributed by atoms with E-state index >= 15 is 0 Å². The van der Waals surface area contributed by atoms with Gasteiger partial charge in [0.25, 0.3) is 0 Å². The lowest BCUT2D eigenvalue weighted by Crippen LogP contribution is -2.05. The van der Waals surface area contributed by atoms with Crippen LogP contribution in [0.25, 0.3) is 0 Å². The lowest BCUT2D eigenvalue weighted by atomic mass is 10.3. The second-order valence-corrected chi connectivity index (χ2v) is 3.70. The molecule has 0 radical (unpaired) electrons. The van der Waals surface area contributed by atoms with Crippen LogP contribution in [0.4, 0.5) is 10.2 Å². The molecule has 0 saturated carbocycles. The zero-order chi connectivity index (χ0) is 9.68. The molecular weight excluding hydrogens is 235 g/mol. The van der Waals surface area contributed by atoms with Crippen LogP contribution in [0.3, 0.4) is 0 Å². The van der Waals surface area contributed by atoms with E-state index < -0.39 is 0 Å². The van der Waals surface area contributed by atoms with E-state index in [-0.39, 0.29) is 6.67 Å². The minimum absolute atomic E-state index is 0.289. The van der Waals surface area contributed by atoms with Crippen LogP contribution in [-0.2, 0) is 0 Å². The summed E-state index contributed by atoms with van der Waals surface area (Å²) < 4.78 is 12.8. The van der Waals surface area contributed by atoms with Gasteiger partial charge in [0.15, 0.2) is 0 Å². The number of pyridine rings is 1. The summed E-state index contributed by atoms with van der Waals surface area (Å²) in [7, 11) is 0. The summed E-state index contributed by atoms with van der Waals surface area (Å²) in [6.45, 7) is 2.31. The maximum absolute atomic E-state index is 11.8. The number of rotatable bonds is 4. The maximum Gasteiger partial charge on any atom is 0.128 e. The number of aromatic nitrogens is 1. The Kier molecular flexibility index (Phi) is 4.15. The van der Waals surface area contributed by atoms with Crippen LogP contribution in [0.5, 0.6) is 0 Å². The summed E-state index contributed by atoms with van der Waals surface area (Å²) >= 11 is 3.33. The SMILES string of the molecule is Cc1cc(Br)cnc1NCCCF. The highest BCUT2D eigenvalue weighted by atomic mass is 79.9. The topological polar surface area (TPSA) is 24.9 Å². The number of nitrogens with zero attached hydrogens (tertiary/aromatic N) is 1. The van der Waals surface area contributed by atoms with Crippen molar-refractivity contribution in [3.63, 3.8) is 0 Å². The van der Waals surface area contributed by atoms with Crippen LogP contribution in [0.15, 0.2) is 16.7 Å². The smallest absolute Gasteiger partial charge is 0.128 e. The predicted octanol–water partition coefficient (Wildman–Crippen LogP) is 2.92. The third kappa shape index (κ3) is 3.30. The third-order valence-electron chi connectivity index (χ3n) is 1.65. The Labute approximate surface area is 85.7 Å². The number of aryl methyl sites for hydroxylation is 1. The van der Waals surface area contributed by atoms with Gasteiger partial charge in [-0.05, 0) is 40.9 Å². The molecule has 0 aliphatic rings. The normalized spacial score (nSPS) is 10.1. The van der Waals surface area contributed by atoms with E-state index in [2.05, 4.69) is 26.2 Å². The molecule has 0 amide bonds. The molecular formula is C9H12BrFN2. The molecule has 0 atom stereocenters. The zero-order valence-corrected chi connectivity index (χ0v) is 9.07. The highest BCUT2D eigenvalue weighted by Gasteiger charge is 1.98. The molecule has 0 saturated heterocycles. The minimum Gasteiger partial charge on any atom is -0.370 e. The number of alkyl halides is 1. The molecule has 0 aromatic carbocycles. The van der Waals surface area contributed by atoms with Crippen molar-refractivity contribution in [1.29, 1.82) is 0 Å². The predicted molar refractivity (Wildman–Crippen MR) is 55.8 cm³/mol. The fraction of sp³-hybridized carbons (Fsp3) is 0.444. The van der Waals surface area contributed by atoms with Crippen LogP contribution in [0.2, 0.25) is 0 Å². The van der Waals surface area contributed by atoms with E-state index in [0.29, 0.717) is 13.0 Å². The van der Waals surface area contributed by atoms with Crippen LogP contribution < -0.4 is 5.32 Å². The molecule has 1 N–H and O–H groups in total. The summed E-state index contributed by atoms with van der Waals surface area (Å²) in [5, 5.41) is 3.07. The lowest BCUT2D eigenvalue weighted by Gasteiger charge is -2.06. The van der Waals surface area contributed by atoms with E-state index in [4.69, 9.17) is 0 Å². The van der Waals surface area contributed by atoms with Gasteiger partial charge >= 0.3 is 0 Å². The standard InChI is InChI=1S/C9H12BrFN2/c1-7-5-8(10)6-13-9(7)12-4-2-3-11/h5-6H,2-4H2,1H3,(H,12,13). The molecule has 0 aliphatic heterocycles. The van der Waals surface area contributed by atoms with Crippen LogP contribution in [-0.4, -0.2) is 18.2 Å². The van der Waals surface area contributed by atoms with Crippen molar-refractivity contribution in [1.82, 2.24) is 4.98 Å². The van der Waals surface area contributed by atoms with Gasteiger partial charge in [-0.2, -0.15) is 0 Å². The monoisotopic (exact) mass is 246 g/mol. The molecule has 0 spiro atoms. The summed E-state index contributed by atoms with van der Waals surface area (Å²) in [6.07, 6.45) is 2.25. The summed E-state index contributed by atoms with van der Waals surface area (Å²) in [6, 6.07) is 1.98. The molecule has 1 heterocycles. The Morgan fingerprint density at radius 1 is 1.62 bits per heavy atom. The first-order valence-electron chi connectivity index (χ1n) is 4.16. The van der Waals surface area contributed by atoms with Crippen molar-refractivity contribution in [2.75, 3.05) is 18.5 Å². The molecule has 4 heteroatoms. The van der Waals surface area contributed by atoms with Gasteiger partial charge in [0.2, 0.25) is 0 Å². The fourth-order valence-electron chi connectivity index (χ4n) is 0.999. The molecule has 0 aliphatic carbocycles. The van der Waals surface area contributed by atoms with Crippen molar-refractivity contribution in [3.05, 3.63) is 22.3 Å². The summed E-state index contributed by atoms with van der Waals surface area (Å²) in [5.74, 6) is 0.830. The van der Waals surface area contributed by atoms with Crippen LogP contribution in [0.1, 0.15) is 12.0 Å². The molecule has 1 aromatic rings. The van der Waals surface area contributed by atoms with E-state index in [9.17, 15) is 4.39 Å². The van der Waals surface area contributed by atoms with Crippen molar-refractivity contribution in [3.8, 4) is 0 Å². The molecule has 1 aromatic heterocycles. The summed E-state index contributed by atoms with van der Waals surface area (Å²) in [5.41, 5.74) is 1.06. The molecule has 0 bridgehead atoms. The zero-order valence-electron chi connectivity index (χ0n) is 7.48. The van der Waals surface area contributed by atoms with E-state index in [1.165, 1.54) is 0 Å². The number of halogens is 2. The number of nitrogens with one attached hydrogen (secondary N) is 1. The van der Waals surface area contributed by atoms with Gasteiger partial charge in [-0.1, -0.05) is 0 Å². The third-order valence-corrected chi connectivity index (χ3v) is 2.08. The largest absolute Gasteiger partial charge is 0.370 e. The fourth-order valence-corrected chi connectivity index (χ4v) is 1.44. The maximum atomic E-state index is 11.8. The number of anilines is 1. The molecule has 2 nitrogen and oxygen atoms in total. The van der Waals surface area contributed by atoms with E-state index in [0.717, 1.165) is 15.9 Å². The molecule has 0 unspecified atom stereocenters. The average molecular weight is 247 g/mol. The first-order valence-corrected chi connectivity index (χ1v) is 4.95. The quantitative estimate of drug-likeness (QED) is 0.827. The van der Waals surface area contributed by atoms with Crippen LogP contribution in [0, 0.1) is 6.92 Å². The average Bonchev–Trinajstić information content (AvgIpc) is 2.09. The van der Waals surface area contributed by atoms with Crippen molar-refractivity contribution in [2.45, 2.75) is 13.3 Å². The van der Waals surface area contributed by atoms with Gasteiger partial charge in [0.05, 0.1) is 6.67 Å². The van der Waals surface area contributed by atoms with Crippen molar-refractivity contribution >= 4 is 21.7 Å². The Morgan fingerprint density at radius 3 is 3.00 bits per heavy atom. The van der Waals surface area contributed by atoms with Gasteiger partial charge in [0, 0.05) is 17.2 Å².